The Kier molecular flexibility index (Phi) is 2.68. The maximum Gasteiger partial charge on any atom is 0.0954 e. The Hall–Kier alpha value is -0.800. The predicted molar refractivity (Wildman–Crippen MR) is 44.3 cm³/mol. The Labute approximate surface area is 66.4 Å². The molecule has 1 rings (SSSR count). The van der Waals surface area contributed by atoms with E-state index >= 15 is 0 Å². The first-order chi connectivity index (χ1) is 5.25. The number of aliphatic hydroxyl groups is 1. The highest BCUT2D eigenvalue weighted by Gasteiger charge is 2.13. The van der Waals surface area contributed by atoms with Gasteiger partial charge in [0.1, 0.15) is 0 Å². The number of aliphatic hydroxyl groups excluding tert-OH is 1. The number of hydrogen-bond acceptors (Lipinski definition) is 2. The maximum absolute atomic E-state index is 9.60. The van der Waals surface area contributed by atoms with Gasteiger partial charge in [-0.2, -0.15) is 0 Å². The van der Waals surface area contributed by atoms with Gasteiger partial charge in [-0.05, 0) is 25.6 Å². The van der Waals surface area contributed by atoms with E-state index in [0.717, 1.165) is 5.56 Å². The van der Waals surface area contributed by atoms with Crippen LogP contribution in [0.4, 0.5) is 0 Å². The Morgan fingerprint density at radius 1 is 1.64 bits per heavy atom. The van der Waals surface area contributed by atoms with Crippen molar-refractivity contribution in [1.82, 2.24) is 10.3 Å². The number of hydrogen-bond donors (Lipinski definition) is 3. The van der Waals surface area contributed by atoms with Crippen molar-refractivity contribution < 1.29 is 5.11 Å². The number of aromatic nitrogens is 1. The van der Waals surface area contributed by atoms with Crippen molar-refractivity contribution in [3.8, 4) is 0 Å². The fourth-order valence-corrected chi connectivity index (χ4v) is 0.967. The lowest BCUT2D eigenvalue weighted by atomic mass is 10.1. The van der Waals surface area contributed by atoms with Crippen molar-refractivity contribution in [2.24, 2.45) is 0 Å². The van der Waals surface area contributed by atoms with E-state index in [2.05, 4.69) is 10.3 Å². The van der Waals surface area contributed by atoms with E-state index in [-0.39, 0.29) is 6.04 Å². The summed E-state index contributed by atoms with van der Waals surface area (Å²) in [5, 5.41) is 12.6. The van der Waals surface area contributed by atoms with Crippen LogP contribution in [-0.2, 0) is 0 Å². The smallest absolute Gasteiger partial charge is 0.0954 e. The van der Waals surface area contributed by atoms with Gasteiger partial charge in [-0.1, -0.05) is 0 Å². The van der Waals surface area contributed by atoms with Crippen molar-refractivity contribution in [2.45, 2.75) is 19.1 Å². The largest absolute Gasteiger partial charge is 0.387 e. The molecule has 0 radical (unpaired) electrons. The molecule has 0 aliphatic carbocycles. The molecule has 0 aliphatic heterocycles. The summed E-state index contributed by atoms with van der Waals surface area (Å²) in [4.78, 5) is 2.90. The van der Waals surface area contributed by atoms with E-state index in [1.807, 2.05) is 20.0 Å². The van der Waals surface area contributed by atoms with E-state index in [1.165, 1.54) is 0 Å². The van der Waals surface area contributed by atoms with E-state index in [4.69, 9.17) is 0 Å². The minimum absolute atomic E-state index is 0.0887. The lowest BCUT2D eigenvalue weighted by Crippen LogP contribution is -2.28. The van der Waals surface area contributed by atoms with Gasteiger partial charge in [-0.3, -0.25) is 0 Å². The molecule has 1 aromatic heterocycles. The molecule has 0 spiro atoms. The SMILES string of the molecule is CNC(C)C(O)c1cc[nH]c1. The second-order valence-corrected chi connectivity index (χ2v) is 2.67. The number of rotatable bonds is 3. The molecule has 0 saturated carbocycles. The van der Waals surface area contributed by atoms with E-state index < -0.39 is 6.10 Å². The third kappa shape index (κ3) is 1.82. The van der Waals surface area contributed by atoms with Gasteiger partial charge in [-0.25, -0.2) is 0 Å². The molecule has 0 aliphatic rings. The van der Waals surface area contributed by atoms with Gasteiger partial charge in [0.2, 0.25) is 0 Å². The molecule has 62 valence electrons. The second-order valence-electron chi connectivity index (χ2n) is 2.67. The van der Waals surface area contributed by atoms with Gasteiger partial charge in [0.15, 0.2) is 0 Å². The summed E-state index contributed by atoms with van der Waals surface area (Å²) in [6.07, 6.45) is 3.19. The first-order valence-corrected chi connectivity index (χ1v) is 3.73. The summed E-state index contributed by atoms with van der Waals surface area (Å²) in [5.41, 5.74) is 0.923. The van der Waals surface area contributed by atoms with Crippen LogP contribution in [0.15, 0.2) is 18.5 Å². The van der Waals surface area contributed by atoms with Crippen LogP contribution in [0.1, 0.15) is 18.6 Å². The zero-order chi connectivity index (χ0) is 8.27. The monoisotopic (exact) mass is 154 g/mol. The van der Waals surface area contributed by atoms with Crippen molar-refractivity contribution >= 4 is 0 Å². The summed E-state index contributed by atoms with van der Waals surface area (Å²) in [5.74, 6) is 0. The van der Waals surface area contributed by atoms with Gasteiger partial charge < -0.3 is 15.4 Å². The lowest BCUT2D eigenvalue weighted by molar-refractivity contribution is 0.140. The van der Waals surface area contributed by atoms with Crippen LogP contribution in [0.2, 0.25) is 0 Å². The van der Waals surface area contributed by atoms with E-state index in [1.54, 1.807) is 12.4 Å². The predicted octanol–water partition coefficient (Wildman–Crippen LogP) is 0.656. The van der Waals surface area contributed by atoms with Crippen LogP contribution < -0.4 is 5.32 Å². The van der Waals surface area contributed by atoms with Crippen molar-refractivity contribution in [1.29, 1.82) is 0 Å². The molecule has 3 N–H and O–H groups in total. The van der Waals surface area contributed by atoms with Gasteiger partial charge in [-0.15, -0.1) is 0 Å². The fraction of sp³-hybridized carbons (Fsp3) is 0.500. The molecule has 0 fully saturated rings. The molecule has 0 bridgehead atoms. The Bertz CT molecular complexity index is 196. The number of likely N-dealkylation sites (N-methyl/N-ethyl adjacent to an activating group) is 1. The molecule has 1 heterocycles. The normalized spacial score (nSPS) is 16.3. The number of H-pyrrole nitrogens is 1. The molecule has 3 heteroatoms. The average Bonchev–Trinajstić information content (AvgIpc) is 2.53. The third-order valence-corrected chi connectivity index (χ3v) is 1.89. The summed E-state index contributed by atoms with van der Waals surface area (Å²) in [6, 6.07) is 1.96. The summed E-state index contributed by atoms with van der Waals surface area (Å²) in [6.45, 7) is 1.94. The second kappa shape index (κ2) is 3.55. The van der Waals surface area contributed by atoms with Crippen LogP contribution >= 0.6 is 0 Å². The zero-order valence-corrected chi connectivity index (χ0v) is 6.83. The maximum atomic E-state index is 9.60. The molecule has 11 heavy (non-hydrogen) atoms. The molecule has 2 unspecified atom stereocenters. The van der Waals surface area contributed by atoms with Crippen LogP contribution in [-0.4, -0.2) is 23.2 Å². The van der Waals surface area contributed by atoms with E-state index in [9.17, 15) is 5.11 Å². The molecule has 1 aromatic rings. The van der Waals surface area contributed by atoms with Crippen LogP contribution in [0.3, 0.4) is 0 Å². The minimum Gasteiger partial charge on any atom is -0.387 e. The summed E-state index contributed by atoms with van der Waals surface area (Å²) in [7, 11) is 1.83. The van der Waals surface area contributed by atoms with Crippen LogP contribution in [0.5, 0.6) is 0 Å². The first kappa shape index (κ1) is 8.30. The van der Waals surface area contributed by atoms with Gasteiger partial charge in [0, 0.05) is 18.4 Å². The highest BCUT2D eigenvalue weighted by molar-refractivity contribution is 5.13. The van der Waals surface area contributed by atoms with Crippen molar-refractivity contribution in [2.75, 3.05) is 7.05 Å². The number of nitrogens with one attached hydrogen (secondary N) is 2. The molecule has 3 nitrogen and oxygen atoms in total. The molecule has 0 saturated heterocycles. The highest BCUT2D eigenvalue weighted by atomic mass is 16.3. The van der Waals surface area contributed by atoms with Gasteiger partial charge in [0.05, 0.1) is 6.10 Å². The topological polar surface area (TPSA) is 48.0 Å². The van der Waals surface area contributed by atoms with Crippen molar-refractivity contribution in [3.63, 3.8) is 0 Å². The third-order valence-electron chi connectivity index (χ3n) is 1.89. The van der Waals surface area contributed by atoms with Gasteiger partial charge >= 0.3 is 0 Å². The molecule has 0 aromatic carbocycles. The fourth-order valence-electron chi connectivity index (χ4n) is 0.967. The summed E-state index contributed by atoms with van der Waals surface area (Å²) < 4.78 is 0. The lowest BCUT2D eigenvalue weighted by Gasteiger charge is -2.16. The molecular weight excluding hydrogens is 140 g/mol. The quantitative estimate of drug-likeness (QED) is 0.599. The zero-order valence-electron chi connectivity index (χ0n) is 6.83. The van der Waals surface area contributed by atoms with E-state index in [0.29, 0.717) is 0 Å². The van der Waals surface area contributed by atoms with Crippen LogP contribution in [0.25, 0.3) is 0 Å². The Balaban J connectivity index is 2.62. The molecule has 0 amide bonds. The number of aromatic amines is 1. The Morgan fingerprint density at radius 2 is 2.36 bits per heavy atom. The summed E-state index contributed by atoms with van der Waals surface area (Å²) >= 11 is 0. The average molecular weight is 154 g/mol. The molecule has 2 atom stereocenters. The van der Waals surface area contributed by atoms with Crippen LogP contribution in [0, 0.1) is 0 Å². The van der Waals surface area contributed by atoms with Gasteiger partial charge in [0.25, 0.3) is 0 Å². The first-order valence-electron chi connectivity index (χ1n) is 3.73. The minimum atomic E-state index is -0.425. The Morgan fingerprint density at radius 3 is 2.82 bits per heavy atom. The highest BCUT2D eigenvalue weighted by Crippen LogP contribution is 2.14. The molecular formula is C8H14N2O. The van der Waals surface area contributed by atoms with Crippen molar-refractivity contribution in [3.05, 3.63) is 24.0 Å². The standard InChI is InChI=1S/C8H14N2O/c1-6(9-2)8(11)7-3-4-10-5-7/h3-6,8-11H,1-2H3.